The summed E-state index contributed by atoms with van der Waals surface area (Å²) in [5.74, 6) is -0.911. The second kappa shape index (κ2) is 9.80. The highest BCUT2D eigenvalue weighted by Gasteiger charge is 2.23. The molecule has 0 unspecified atom stereocenters. The largest absolute Gasteiger partial charge is 0.480 e. The van der Waals surface area contributed by atoms with E-state index in [4.69, 9.17) is 16.0 Å². The van der Waals surface area contributed by atoms with E-state index in [0.717, 1.165) is 15.8 Å². The number of rotatable bonds is 11. The maximum absolute atomic E-state index is 11.9. The number of nitrogens with zero attached hydrogens (tertiary/aromatic N) is 2. The third kappa shape index (κ3) is 6.43. The second-order valence-corrected chi connectivity index (χ2v) is 8.88. The van der Waals surface area contributed by atoms with Crippen LogP contribution < -0.4 is 11.5 Å². The molecule has 0 aliphatic carbocycles. The number of carboxylic acid groups (broad SMARTS) is 1. The third-order valence-electron chi connectivity index (χ3n) is 4.04. The number of aliphatic imine (C=N–C) groups is 1. The third-order valence-corrected chi connectivity index (χ3v) is 6.04. The summed E-state index contributed by atoms with van der Waals surface area (Å²) in [7, 11) is -4.02. The van der Waals surface area contributed by atoms with Gasteiger partial charge >= 0.3 is 5.97 Å². The van der Waals surface area contributed by atoms with E-state index in [-0.39, 0.29) is 18.1 Å². The molecular weight excluding hydrogens is 404 g/mol. The van der Waals surface area contributed by atoms with E-state index >= 15 is 0 Å². The highest BCUT2D eigenvalue weighted by molar-refractivity contribution is 7.99. The number of fused-ring (bicyclic) bond motifs is 1. The summed E-state index contributed by atoms with van der Waals surface area (Å²) in [4.78, 5) is 15.8. The summed E-state index contributed by atoms with van der Waals surface area (Å²) in [6.45, 7) is 0.337. The molecule has 0 saturated carbocycles. The van der Waals surface area contributed by atoms with Gasteiger partial charge in [0.2, 0.25) is 0 Å². The van der Waals surface area contributed by atoms with E-state index in [9.17, 15) is 18.3 Å². The van der Waals surface area contributed by atoms with Gasteiger partial charge < -0.3 is 21.1 Å². The lowest BCUT2D eigenvalue weighted by atomic mass is 10.1. The van der Waals surface area contributed by atoms with Crippen molar-refractivity contribution in [2.75, 3.05) is 18.1 Å². The second-order valence-electron chi connectivity index (χ2n) is 6.22. The van der Waals surface area contributed by atoms with Crippen molar-refractivity contribution >= 4 is 44.6 Å². The maximum atomic E-state index is 11.9. The Morgan fingerprint density at radius 2 is 1.96 bits per heavy atom. The predicted octanol–water partition coefficient (Wildman–Crippen LogP) is 1.69. The van der Waals surface area contributed by atoms with Crippen molar-refractivity contribution in [3.63, 3.8) is 0 Å². The Kier molecular flexibility index (Phi) is 7.72. The summed E-state index contributed by atoms with van der Waals surface area (Å²) in [6, 6.07) is 6.73. The van der Waals surface area contributed by atoms with Crippen molar-refractivity contribution in [2.45, 2.75) is 30.3 Å². The van der Waals surface area contributed by atoms with Gasteiger partial charge in [-0.25, -0.2) is 4.79 Å². The standard InChI is InChI=1S/C17H24N4O5S2/c18-17(19)20-8-3-7-14(16(22)23)21-11-12-5-1-2-6-13(12)15(21)27-9-4-10-28(24,25)26/h1-2,5-6,11,14H,3-4,7-10H2,(H,22,23)(H4,18,19,20)(H,24,25,26)/t14-/m0/s1. The summed E-state index contributed by atoms with van der Waals surface area (Å²) in [5.41, 5.74) is 10.6. The molecule has 154 valence electrons. The van der Waals surface area contributed by atoms with Gasteiger partial charge in [-0.3, -0.25) is 9.55 Å². The first-order chi connectivity index (χ1) is 13.2. The summed E-state index contributed by atoms with van der Waals surface area (Å²) in [5, 5.41) is 12.3. The molecule has 2 aromatic rings. The number of carbonyl (C=O) groups is 1. The number of aromatic nitrogens is 1. The fourth-order valence-electron chi connectivity index (χ4n) is 2.82. The number of nitrogens with two attached hydrogens (primary N) is 2. The van der Waals surface area contributed by atoms with Crippen LogP contribution in [0.2, 0.25) is 0 Å². The normalized spacial score (nSPS) is 12.8. The molecule has 28 heavy (non-hydrogen) atoms. The van der Waals surface area contributed by atoms with Crippen LogP contribution in [-0.2, 0) is 14.9 Å². The van der Waals surface area contributed by atoms with Crippen molar-refractivity contribution < 1.29 is 22.9 Å². The molecule has 0 amide bonds. The number of benzene rings is 1. The molecule has 0 bridgehead atoms. The van der Waals surface area contributed by atoms with Gasteiger partial charge in [-0.1, -0.05) is 24.3 Å². The van der Waals surface area contributed by atoms with E-state index in [1.165, 1.54) is 11.8 Å². The zero-order valence-corrected chi connectivity index (χ0v) is 16.8. The number of hydrogen-bond donors (Lipinski definition) is 4. The van der Waals surface area contributed by atoms with Gasteiger partial charge in [-0.2, -0.15) is 8.42 Å². The van der Waals surface area contributed by atoms with E-state index in [1.807, 2.05) is 24.3 Å². The molecule has 0 aliphatic rings. The zero-order valence-electron chi connectivity index (χ0n) is 15.2. The molecule has 0 spiro atoms. The number of aliphatic carboxylic acids is 1. The monoisotopic (exact) mass is 428 g/mol. The Balaban J connectivity index is 2.24. The van der Waals surface area contributed by atoms with Gasteiger partial charge in [0.15, 0.2) is 5.96 Å². The fraction of sp³-hybridized carbons (Fsp3) is 0.412. The van der Waals surface area contributed by atoms with Crippen LogP contribution in [0.25, 0.3) is 10.8 Å². The van der Waals surface area contributed by atoms with Gasteiger partial charge in [0.1, 0.15) is 6.04 Å². The molecule has 1 aromatic carbocycles. The molecule has 0 aliphatic heterocycles. The average molecular weight is 429 g/mol. The predicted molar refractivity (Wildman–Crippen MR) is 110 cm³/mol. The molecule has 0 radical (unpaired) electrons. The highest BCUT2D eigenvalue weighted by atomic mass is 32.2. The summed E-state index contributed by atoms with van der Waals surface area (Å²) >= 11 is 1.37. The van der Waals surface area contributed by atoms with E-state index in [0.29, 0.717) is 25.1 Å². The first-order valence-corrected chi connectivity index (χ1v) is 11.2. The Morgan fingerprint density at radius 1 is 1.25 bits per heavy atom. The van der Waals surface area contributed by atoms with Gasteiger partial charge in [-0.05, 0) is 19.3 Å². The fourth-order valence-corrected chi connectivity index (χ4v) is 4.66. The molecule has 11 heteroatoms. The van der Waals surface area contributed by atoms with Crippen LogP contribution in [0.5, 0.6) is 0 Å². The number of hydrogen-bond acceptors (Lipinski definition) is 5. The van der Waals surface area contributed by atoms with E-state index in [1.54, 1.807) is 10.8 Å². The molecule has 9 nitrogen and oxygen atoms in total. The van der Waals surface area contributed by atoms with Crippen molar-refractivity contribution in [2.24, 2.45) is 16.5 Å². The first kappa shape index (κ1) is 22.1. The van der Waals surface area contributed by atoms with Gasteiger partial charge in [-0.15, -0.1) is 11.8 Å². The Bertz CT molecular complexity index is 952. The molecule has 0 fully saturated rings. The minimum Gasteiger partial charge on any atom is -0.480 e. The Morgan fingerprint density at radius 3 is 2.61 bits per heavy atom. The highest BCUT2D eigenvalue weighted by Crippen LogP contribution is 2.34. The zero-order chi connectivity index (χ0) is 20.7. The van der Waals surface area contributed by atoms with Crippen LogP contribution in [-0.4, -0.2) is 52.6 Å². The average Bonchev–Trinajstić information content (AvgIpc) is 2.95. The number of thioether (sulfide) groups is 1. The minimum absolute atomic E-state index is 0.0337. The first-order valence-electron chi connectivity index (χ1n) is 8.65. The summed E-state index contributed by atoms with van der Waals surface area (Å²) in [6.07, 6.45) is 2.88. The van der Waals surface area contributed by atoms with Crippen LogP contribution in [0.3, 0.4) is 0 Å². The quantitative estimate of drug-likeness (QED) is 0.138. The maximum Gasteiger partial charge on any atom is 0.326 e. The minimum atomic E-state index is -4.02. The van der Waals surface area contributed by atoms with Crippen LogP contribution in [0.15, 0.2) is 40.5 Å². The smallest absolute Gasteiger partial charge is 0.326 e. The molecular formula is C17H24N4O5S2. The Hall–Kier alpha value is -2.24. The molecule has 0 saturated heterocycles. The van der Waals surface area contributed by atoms with Crippen LogP contribution in [0.1, 0.15) is 25.3 Å². The van der Waals surface area contributed by atoms with Crippen molar-refractivity contribution in [1.29, 1.82) is 0 Å². The van der Waals surface area contributed by atoms with Crippen molar-refractivity contribution in [3.05, 3.63) is 30.5 Å². The van der Waals surface area contributed by atoms with Gasteiger partial charge in [0.05, 0.1) is 10.8 Å². The molecule has 1 atom stereocenters. The van der Waals surface area contributed by atoms with Crippen molar-refractivity contribution in [3.8, 4) is 0 Å². The molecule has 2 rings (SSSR count). The van der Waals surface area contributed by atoms with Gasteiger partial charge in [0, 0.05) is 29.3 Å². The summed E-state index contributed by atoms with van der Waals surface area (Å²) < 4.78 is 32.4. The number of guanidine groups is 1. The van der Waals surface area contributed by atoms with Crippen molar-refractivity contribution in [1.82, 2.24) is 4.57 Å². The lowest BCUT2D eigenvalue weighted by Crippen LogP contribution is -2.23. The lowest BCUT2D eigenvalue weighted by Gasteiger charge is -2.17. The van der Waals surface area contributed by atoms with E-state index in [2.05, 4.69) is 4.99 Å². The molecule has 1 heterocycles. The van der Waals surface area contributed by atoms with Gasteiger partial charge in [0.25, 0.3) is 10.1 Å². The topological polar surface area (TPSA) is 161 Å². The van der Waals surface area contributed by atoms with Crippen LogP contribution in [0.4, 0.5) is 0 Å². The number of carboxylic acids is 1. The molecule has 6 N–H and O–H groups in total. The Labute approximate surface area is 167 Å². The van der Waals surface area contributed by atoms with E-state index < -0.39 is 22.1 Å². The SMILES string of the molecule is NC(N)=NCCC[C@@H](C(=O)O)n1cc2ccccc2c1SCCCS(=O)(=O)O. The molecule has 1 aromatic heterocycles. The lowest BCUT2D eigenvalue weighted by molar-refractivity contribution is -0.141. The van der Waals surface area contributed by atoms with Crippen LogP contribution >= 0.6 is 11.8 Å². The van der Waals surface area contributed by atoms with Crippen LogP contribution in [0, 0.1) is 0 Å².